The molecule has 2 atom stereocenters. The average Bonchev–Trinajstić information content (AvgIpc) is 2.27. The maximum atomic E-state index is 12.1. The molecule has 19 heavy (non-hydrogen) atoms. The predicted octanol–water partition coefficient (Wildman–Crippen LogP) is 1.93. The lowest BCUT2D eigenvalue weighted by molar-refractivity contribution is -0.0174. The van der Waals surface area contributed by atoms with Crippen molar-refractivity contribution in [3.8, 4) is 0 Å². The number of hydrogen-bond acceptors (Lipinski definition) is 4. The molecule has 0 aromatic heterocycles. The van der Waals surface area contributed by atoms with Crippen LogP contribution in [0.25, 0.3) is 0 Å². The number of carbonyl (C=O) groups excluding carboxylic acids is 1. The summed E-state index contributed by atoms with van der Waals surface area (Å²) in [6, 6.07) is -0.673. The first kappa shape index (κ1) is 17.9. The molecule has 0 unspecified atom stereocenters. The second-order valence-corrected chi connectivity index (χ2v) is 5.53. The molecule has 0 aromatic carbocycles. The Balaban J connectivity index is 4.93. The van der Waals surface area contributed by atoms with Gasteiger partial charge < -0.3 is 14.9 Å². The molecule has 0 saturated heterocycles. The van der Waals surface area contributed by atoms with E-state index in [9.17, 15) is 15.0 Å². The molecule has 0 aliphatic heterocycles. The predicted molar refractivity (Wildman–Crippen MR) is 74.9 cm³/mol. The van der Waals surface area contributed by atoms with Crippen LogP contribution in [0.5, 0.6) is 0 Å². The highest BCUT2D eigenvalue weighted by Crippen LogP contribution is 2.15. The summed E-state index contributed by atoms with van der Waals surface area (Å²) in [6.45, 7) is 10.7. The van der Waals surface area contributed by atoms with Crippen LogP contribution in [-0.2, 0) is 4.74 Å². The van der Waals surface area contributed by atoms with E-state index in [1.807, 2.05) is 6.92 Å². The van der Waals surface area contributed by atoms with Gasteiger partial charge in [0.15, 0.2) is 0 Å². The SMILES string of the molecule is C=CCN(C(=O)OC(C)(C)C)[C@H](CO)[C@@H](O)CCC. The normalized spacial score (nSPS) is 14.6. The van der Waals surface area contributed by atoms with E-state index in [2.05, 4.69) is 6.58 Å². The van der Waals surface area contributed by atoms with Crippen LogP contribution in [0.2, 0.25) is 0 Å². The topological polar surface area (TPSA) is 70.0 Å². The molecule has 5 heteroatoms. The van der Waals surface area contributed by atoms with E-state index in [0.29, 0.717) is 6.42 Å². The summed E-state index contributed by atoms with van der Waals surface area (Å²) in [4.78, 5) is 13.4. The van der Waals surface area contributed by atoms with E-state index in [1.54, 1.807) is 26.8 Å². The van der Waals surface area contributed by atoms with Crippen molar-refractivity contribution in [2.45, 2.75) is 58.3 Å². The molecule has 0 aromatic rings. The first-order valence-corrected chi connectivity index (χ1v) is 6.66. The molecule has 0 radical (unpaired) electrons. The highest BCUT2D eigenvalue weighted by molar-refractivity contribution is 5.69. The third kappa shape index (κ3) is 6.59. The molecular weight excluding hydrogens is 246 g/mol. The van der Waals surface area contributed by atoms with Gasteiger partial charge in [0.2, 0.25) is 0 Å². The smallest absolute Gasteiger partial charge is 0.410 e. The lowest BCUT2D eigenvalue weighted by Crippen LogP contribution is -2.50. The fourth-order valence-corrected chi connectivity index (χ4v) is 1.72. The van der Waals surface area contributed by atoms with Crippen molar-refractivity contribution in [3.63, 3.8) is 0 Å². The molecule has 0 rings (SSSR count). The van der Waals surface area contributed by atoms with E-state index in [1.165, 1.54) is 4.90 Å². The van der Waals surface area contributed by atoms with Gasteiger partial charge in [0.25, 0.3) is 0 Å². The Hall–Kier alpha value is -1.07. The Kier molecular flexibility index (Phi) is 7.71. The van der Waals surface area contributed by atoms with E-state index in [4.69, 9.17) is 4.74 Å². The maximum Gasteiger partial charge on any atom is 0.410 e. The quantitative estimate of drug-likeness (QED) is 0.695. The average molecular weight is 273 g/mol. The van der Waals surface area contributed by atoms with Crippen molar-refractivity contribution in [1.29, 1.82) is 0 Å². The van der Waals surface area contributed by atoms with Crippen LogP contribution in [-0.4, -0.2) is 52.1 Å². The molecule has 2 N–H and O–H groups in total. The van der Waals surface area contributed by atoms with Crippen LogP contribution in [0.3, 0.4) is 0 Å². The number of hydrogen-bond donors (Lipinski definition) is 2. The van der Waals surface area contributed by atoms with Crippen LogP contribution in [0, 0.1) is 0 Å². The van der Waals surface area contributed by atoms with Gasteiger partial charge in [-0.05, 0) is 27.2 Å². The third-order valence-corrected chi connectivity index (χ3v) is 2.57. The number of nitrogens with zero attached hydrogens (tertiary/aromatic N) is 1. The van der Waals surface area contributed by atoms with Crippen LogP contribution in [0.1, 0.15) is 40.5 Å². The summed E-state index contributed by atoms with van der Waals surface area (Å²) in [5.41, 5.74) is -0.619. The fourth-order valence-electron chi connectivity index (χ4n) is 1.72. The number of rotatable bonds is 7. The van der Waals surface area contributed by atoms with Crippen LogP contribution < -0.4 is 0 Å². The fraction of sp³-hybridized carbons (Fsp3) is 0.786. The Morgan fingerprint density at radius 1 is 1.47 bits per heavy atom. The zero-order chi connectivity index (χ0) is 15.1. The number of amides is 1. The van der Waals surface area contributed by atoms with Crippen molar-refractivity contribution < 1.29 is 19.7 Å². The zero-order valence-corrected chi connectivity index (χ0v) is 12.4. The van der Waals surface area contributed by atoms with E-state index in [0.717, 1.165) is 6.42 Å². The lowest BCUT2D eigenvalue weighted by Gasteiger charge is -2.34. The summed E-state index contributed by atoms with van der Waals surface area (Å²) in [5, 5.41) is 19.4. The third-order valence-electron chi connectivity index (χ3n) is 2.57. The van der Waals surface area contributed by atoms with Crippen molar-refractivity contribution in [2.24, 2.45) is 0 Å². The summed E-state index contributed by atoms with van der Waals surface area (Å²) in [6.07, 6.45) is 1.50. The first-order chi connectivity index (χ1) is 8.76. The van der Waals surface area contributed by atoms with Gasteiger partial charge in [0.1, 0.15) is 5.60 Å². The van der Waals surface area contributed by atoms with Crippen LogP contribution >= 0.6 is 0 Å². The van der Waals surface area contributed by atoms with Crippen LogP contribution in [0.15, 0.2) is 12.7 Å². The molecule has 0 spiro atoms. The van der Waals surface area contributed by atoms with E-state index < -0.39 is 23.8 Å². The van der Waals surface area contributed by atoms with Crippen molar-refractivity contribution in [1.82, 2.24) is 4.90 Å². The maximum absolute atomic E-state index is 12.1. The number of aliphatic hydroxyl groups is 2. The molecule has 0 fully saturated rings. The monoisotopic (exact) mass is 273 g/mol. The largest absolute Gasteiger partial charge is 0.444 e. The molecule has 0 saturated carbocycles. The van der Waals surface area contributed by atoms with Gasteiger partial charge in [0.05, 0.1) is 18.8 Å². The Morgan fingerprint density at radius 3 is 2.42 bits per heavy atom. The molecular formula is C14H27NO4. The van der Waals surface area contributed by atoms with Gasteiger partial charge in [-0.15, -0.1) is 6.58 Å². The number of carbonyl (C=O) groups is 1. The standard InChI is InChI=1S/C14H27NO4/c1-6-8-12(17)11(10-16)15(9-7-2)13(18)19-14(3,4)5/h7,11-12,16-17H,2,6,8-10H2,1,3-5H3/t11-,12+/m1/s1. The van der Waals surface area contributed by atoms with Gasteiger partial charge >= 0.3 is 6.09 Å². The molecule has 0 aliphatic rings. The van der Waals surface area contributed by atoms with E-state index >= 15 is 0 Å². The van der Waals surface area contributed by atoms with Crippen molar-refractivity contribution in [2.75, 3.05) is 13.2 Å². The van der Waals surface area contributed by atoms with Crippen molar-refractivity contribution >= 4 is 6.09 Å². The number of aliphatic hydroxyl groups excluding tert-OH is 2. The highest BCUT2D eigenvalue weighted by atomic mass is 16.6. The number of ether oxygens (including phenoxy) is 1. The summed E-state index contributed by atoms with van der Waals surface area (Å²) < 4.78 is 5.28. The highest BCUT2D eigenvalue weighted by Gasteiger charge is 2.31. The molecule has 0 aliphatic carbocycles. The van der Waals surface area contributed by atoms with Gasteiger partial charge in [-0.25, -0.2) is 4.79 Å². The van der Waals surface area contributed by atoms with Crippen molar-refractivity contribution in [3.05, 3.63) is 12.7 Å². The Morgan fingerprint density at radius 2 is 2.05 bits per heavy atom. The van der Waals surface area contributed by atoms with Crippen LogP contribution in [0.4, 0.5) is 4.79 Å². The zero-order valence-electron chi connectivity index (χ0n) is 12.4. The minimum atomic E-state index is -0.775. The summed E-state index contributed by atoms with van der Waals surface area (Å²) in [5.74, 6) is 0. The second-order valence-electron chi connectivity index (χ2n) is 5.53. The summed E-state index contributed by atoms with van der Waals surface area (Å²) >= 11 is 0. The molecule has 0 bridgehead atoms. The second kappa shape index (κ2) is 8.17. The van der Waals surface area contributed by atoms with Gasteiger partial charge in [0, 0.05) is 6.54 Å². The minimum absolute atomic E-state index is 0.223. The van der Waals surface area contributed by atoms with Gasteiger partial charge in [-0.2, -0.15) is 0 Å². The molecule has 112 valence electrons. The summed E-state index contributed by atoms with van der Waals surface area (Å²) in [7, 11) is 0. The Labute approximate surface area is 115 Å². The van der Waals surface area contributed by atoms with Gasteiger partial charge in [-0.3, -0.25) is 4.90 Å². The van der Waals surface area contributed by atoms with E-state index in [-0.39, 0.29) is 13.2 Å². The first-order valence-electron chi connectivity index (χ1n) is 6.66. The minimum Gasteiger partial charge on any atom is -0.444 e. The lowest BCUT2D eigenvalue weighted by atomic mass is 10.1. The Bertz CT molecular complexity index is 286. The van der Waals surface area contributed by atoms with Gasteiger partial charge in [-0.1, -0.05) is 19.4 Å². The molecule has 5 nitrogen and oxygen atoms in total. The molecule has 0 heterocycles. The molecule has 1 amide bonds.